The third-order valence-electron chi connectivity index (χ3n) is 5.64. The molecule has 198 valence electrons. The van der Waals surface area contributed by atoms with Crippen molar-refractivity contribution in [2.24, 2.45) is 5.73 Å². The minimum absolute atomic E-state index is 0.114. The van der Waals surface area contributed by atoms with E-state index in [2.05, 4.69) is 10.6 Å². The van der Waals surface area contributed by atoms with Crippen LogP contribution >= 0.6 is 0 Å². The zero-order chi connectivity index (χ0) is 26.9. The van der Waals surface area contributed by atoms with Crippen molar-refractivity contribution in [2.45, 2.75) is 63.6 Å². The van der Waals surface area contributed by atoms with Gasteiger partial charge in [-0.2, -0.15) is 13.2 Å². The lowest BCUT2D eigenvalue weighted by molar-refractivity contribution is -0.192. The van der Waals surface area contributed by atoms with E-state index in [9.17, 15) is 32.3 Å². The fraction of sp³-hybridized carbons (Fsp3) is 0.522. The molecule has 0 bridgehead atoms. The lowest BCUT2D eigenvalue weighted by Crippen LogP contribution is -2.54. The normalized spacial score (nSPS) is 17.3. The van der Waals surface area contributed by atoms with Crippen molar-refractivity contribution in [1.29, 1.82) is 0 Å². The van der Waals surface area contributed by atoms with E-state index < -0.39 is 35.9 Å². The molecular formula is C23H29F3N4O6. The lowest BCUT2D eigenvalue weighted by atomic mass is 10.0. The molecule has 0 aliphatic carbocycles. The number of alkyl halides is 3. The predicted octanol–water partition coefficient (Wildman–Crippen LogP) is 2.43. The molecule has 1 unspecified atom stereocenters. The van der Waals surface area contributed by atoms with Gasteiger partial charge in [0.05, 0.1) is 11.1 Å². The molecule has 5 N–H and O–H groups in total. The van der Waals surface area contributed by atoms with Crippen LogP contribution in [-0.2, 0) is 14.4 Å². The number of carboxylic acids is 1. The van der Waals surface area contributed by atoms with Crippen molar-refractivity contribution in [3.63, 3.8) is 0 Å². The summed E-state index contributed by atoms with van der Waals surface area (Å²) in [6.45, 7) is 1.54. The maximum absolute atomic E-state index is 12.8. The summed E-state index contributed by atoms with van der Waals surface area (Å²) >= 11 is 0. The molecule has 4 amide bonds. The summed E-state index contributed by atoms with van der Waals surface area (Å²) in [4.78, 5) is 58.8. The smallest absolute Gasteiger partial charge is 0.475 e. The number of anilines is 1. The highest BCUT2D eigenvalue weighted by Gasteiger charge is 2.44. The molecule has 0 spiro atoms. The van der Waals surface area contributed by atoms with Crippen LogP contribution in [0.2, 0.25) is 0 Å². The Hall–Kier alpha value is -3.48. The second-order valence-electron chi connectivity index (χ2n) is 8.35. The van der Waals surface area contributed by atoms with E-state index in [-0.39, 0.29) is 18.7 Å². The van der Waals surface area contributed by atoms with Crippen LogP contribution in [0.5, 0.6) is 0 Å². The van der Waals surface area contributed by atoms with E-state index in [0.717, 1.165) is 42.9 Å². The SMILES string of the molecule is NCCCCCCCCNc1ccc2c(c1)C(=O)N(C1CCC(=O)NC1=O)C2=O.O=C(O)C(F)(F)F. The van der Waals surface area contributed by atoms with Gasteiger partial charge in [-0.3, -0.25) is 29.4 Å². The first-order chi connectivity index (χ1) is 17.0. The molecular weight excluding hydrogens is 485 g/mol. The highest BCUT2D eigenvalue weighted by atomic mass is 19.4. The van der Waals surface area contributed by atoms with Gasteiger partial charge in [-0.05, 0) is 44.0 Å². The highest BCUT2D eigenvalue weighted by Crippen LogP contribution is 2.29. The quantitative estimate of drug-likeness (QED) is 0.274. The summed E-state index contributed by atoms with van der Waals surface area (Å²) in [5.74, 6) is -4.70. The van der Waals surface area contributed by atoms with Crippen LogP contribution in [0.4, 0.5) is 18.9 Å². The van der Waals surface area contributed by atoms with Crippen molar-refractivity contribution in [3.8, 4) is 0 Å². The molecule has 36 heavy (non-hydrogen) atoms. The molecule has 13 heteroatoms. The van der Waals surface area contributed by atoms with Crippen LogP contribution in [-0.4, -0.2) is 64.9 Å². The van der Waals surface area contributed by atoms with E-state index in [1.165, 1.54) is 19.3 Å². The van der Waals surface area contributed by atoms with Crippen LogP contribution in [0.3, 0.4) is 0 Å². The Labute approximate surface area is 205 Å². The maximum Gasteiger partial charge on any atom is 0.490 e. The number of carbonyl (C=O) groups excluding carboxylic acids is 4. The number of nitrogens with two attached hydrogens (primary N) is 1. The lowest BCUT2D eigenvalue weighted by Gasteiger charge is -2.27. The Bertz CT molecular complexity index is 999. The number of fused-ring (bicyclic) bond motifs is 1. The number of nitrogens with zero attached hydrogens (tertiary/aromatic N) is 1. The largest absolute Gasteiger partial charge is 0.490 e. The first-order valence-corrected chi connectivity index (χ1v) is 11.6. The number of carboxylic acid groups (broad SMARTS) is 1. The van der Waals surface area contributed by atoms with Gasteiger partial charge in [0.1, 0.15) is 6.04 Å². The number of imide groups is 2. The van der Waals surface area contributed by atoms with Crippen molar-refractivity contribution in [1.82, 2.24) is 10.2 Å². The number of unbranched alkanes of at least 4 members (excludes halogenated alkanes) is 5. The summed E-state index contributed by atoms with van der Waals surface area (Å²) in [6.07, 6.45) is 1.97. The number of halogens is 3. The highest BCUT2D eigenvalue weighted by molar-refractivity contribution is 6.23. The van der Waals surface area contributed by atoms with Gasteiger partial charge in [0, 0.05) is 18.7 Å². The Morgan fingerprint density at radius 2 is 1.61 bits per heavy atom. The van der Waals surface area contributed by atoms with Crippen molar-refractivity contribution >= 4 is 35.3 Å². The average molecular weight is 515 g/mol. The van der Waals surface area contributed by atoms with E-state index in [4.69, 9.17) is 15.6 Å². The van der Waals surface area contributed by atoms with E-state index in [0.29, 0.717) is 11.1 Å². The summed E-state index contributed by atoms with van der Waals surface area (Å²) in [7, 11) is 0. The van der Waals surface area contributed by atoms with Crippen molar-refractivity contribution in [3.05, 3.63) is 29.3 Å². The van der Waals surface area contributed by atoms with Crippen LogP contribution in [0.25, 0.3) is 0 Å². The third kappa shape index (κ3) is 7.77. The summed E-state index contributed by atoms with van der Waals surface area (Å²) in [5, 5.41) is 12.6. The number of hydrogen-bond acceptors (Lipinski definition) is 7. The first kappa shape index (κ1) is 28.8. The van der Waals surface area contributed by atoms with Gasteiger partial charge in [-0.15, -0.1) is 0 Å². The number of amides is 4. The molecule has 0 saturated carbocycles. The number of nitrogens with one attached hydrogen (secondary N) is 2. The van der Waals surface area contributed by atoms with Gasteiger partial charge in [0.15, 0.2) is 0 Å². The molecule has 0 aromatic heterocycles. The van der Waals surface area contributed by atoms with E-state index >= 15 is 0 Å². The van der Waals surface area contributed by atoms with Gasteiger partial charge < -0.3 is 16.2 Å². The Kier molecular flexibility index (Phi) is 10.4. The molecule has 0 radical (unpaired) electrons. The summed E-state index contributed by atoms with van der Waals surface area (Å²) in [6, 6.07) is 4.13. The van der Waals surface area contributed by atoms with Crippen LogP contribution in [0.1, 0.15) is 72.1 Å². The number of benzene rings is 1. The van der Waals surface area contributed by atoms with Gasteiger partial charge in [-0.1, -0.05) is 25.7 Å². The zero-order valence-corrected chi connectivity index (χ0v) is 19.5. The second-order valence-corrected chi connectivity index (χ2v) is 8.35. The van der Waals surface area contributed by atoms with Crippen molar-refractivity contribution < 1.29 is 42.3 Å². The third-order valence-corrected chi connectivity index (χ3v) is 5.64. The number of piperidine rings is 1. The molecule has 2 aliphatic heterocycles. The first-order valence-electron chi connectivity index (χ1n) is 11.6. The molecule has 1 saturated heterocycles. The Balaban J connectivity index is 0.000000572. The van der Waals surface area contributed by atoms with Crippen LogP contribution in [0.15, 0.2) is 18.2 Å². The average Bonchev–Trinajstić information content (AvgIpc) is 3.05. The van der Waals surface area contributed by atoms with Crippen LogP contribution in [0, 0.1) is 0 Å². The number of hydrogen-bond donors (Lipinski definition) is 4. The molecule has 10 nitrogen and oxygen atoms in total. The van der Waals surface area contributed by atoms with Gasteiger partial charge in [0.25, 0.3) is 11.8 Å². The minimum Gasteiger partial charge on any atom is -0.475 e. The molecule has 1 aromatic rings. The summed E-state index contributed by atoms with van der Waals surface area (Å²) in [5.41, 5.74) is 6.85. The van der Waals surface area contributed by atoms with Crippen LogP contribution < -0.4 is 16.4 Å². The monoisotopic (exact) mass is 514 g/mol. The molecule has 2 aliphatic rings. The molecule has 1 fully saturated rings. The number of aliphatic carboxylic acids is 1. The topological polar surface area (TPSA) is 159 Å². The fourth-order valence-electron chi connectivity index (χ4n) is 3.79. The molecule has 2 heterocycles. The second kappa shape index (κ2) is 13.0. The van der Waals surface area contributed by atoms with Gasteiger partial charge >= 0.3 is 12.1 Å². The molecule has 1 atom stereocenters. The molecule has 3 rings (SSSR count). The minimum atomic E-state index is -5.08. The number of carbonyl (C=O) groups is 5. The van der Waals surface area contributed by atoms with Gasteiger partial charge in [-0.25, -0.2) is 4.79 Å². The van der Waals surface area contributed by atoms with Gasteiger partial charge in [0.2, 0.25) is 11.8 Å². The Morgan fingerprint density at radius 3 is 2.19 bits per heavy atom. The standard InChI is InChI=1S/C21H28N4O4.C2HF3O2/c22-11-5-3-1-2-4-6-12-23-14-7-8-15-16(13-14)21(29)25(20(15)28)17-9-10-18(26)24-19(17)27;3-2(4,5)1(6)7/h7-8,13,17,23H,1-6,9-12,22H2,(H,24,26,27);(H,6,7). The summed E-state index contributed by atoms with van der Waals surface area (Å²) < 4.78 is 31.7. The fourth-order valence-corrected chi connectivity index (χ4v) is 3.79. The maximum atomic E-state index is 12.8. The predicted molar refractivity (Wildman–Crippen MR) is 122 cm³/mol. The van der Waals surface area contributed by atoms with Crippen molar-refractivity contribution in [2.75, 3.05) is 18.4 Å². The molecule has 1 aromatic carbocycles. The Morgan fingerprint density at radius 1 is 1.03 bits per heavy atom. The van der Waals surface area contributed by atoms with E-state index in [1.807, 2.05) is 0 Å². The van der Waals surface area contributed by atoms with E-state index in [1.54, 1.807) is 18.2 Å². The number of rotatable bonds is 10. The zero-order valence-electron chi connectivity index (χ0n) is 19.5.